The first-order chi connectivity index (χ1) is 8.24. The second-order valence-corrected chi connectivity index (χ2v) is 4.22. The molecule has 3 N–H and O–H groups in total. The van der Waals surface area contributed by atoms with E-state index in [9.17, 15) is 4.79 Å². The molecule has 7 heteroatoms. The van der Waals surface area contributed by atoms with Crippen molar-refractivity contribution in [1.82, 2.24) is 19.8 Å². The van der Waals surface area contributed by atoms with Gasteiger partial charge in [-0.1, -0.05) is 0 Å². The Morgan fingerprint density at radius 1 is 1.47 bits per heavy atom. The predicted molar refractivity (Wildman–Crippen MR) is 59.9 cm³/mol. The summed E-state index contributed by atoms with van der Waals surface area (Å²) in [4.78, 5) is 11.3. The highest BCUT2D eigenvalue weighted by atomic mass is 16.5. The second kappa shape index (κ2) is 3.85. The van der Waals surface area contributed by atoms with Crippen molar-refractivity contribution in [3.05, 3.63) is 22.6 Å². The van der Waals surface area contributed by atoms with Crippen LogP contribution in [0.4, 0.5) is 0 Å². The van der Waals surface area contributed by atoms with E-state index in [0.29, 0.717) is 11.5 Å². The number of hydrogen-bond acceptors (Lipinski definition) is 5. The van der Waals surface area contributed by atoms with Crippen LogP contribution in [0.25, 0.3) is 5.65 Å². The maximum Gasteiger partial charge on any atom is 0.364 e. The molecule has 2 aromatic rings. The van der Waals surface area contributed by atoms with Gasteiger partial charge in [0, 0.05) is 12.1 Å². The fourth-order valence-corrected chi connectivity index (χ4v) is 2.11. The van der Waals surface area contributed by atoms with E-state index in [2.05, 4.69) is 15.3 Å². The first kappa shape index (κ1) is 10.3. The van der Waals surface area contributed by atoms with E-state index in [1.54, 1.807) is 12.1 Å². The third kappa shape index (κ3) is 1.78. The molecule has 17 heavy (non-hydrogen) atoms. The van der Waals surface area contributed by atoms with Gasteiger partial charge in [0.2, 0.25) is 5.88 Å². The Hall–Kier alpha value is -1.89. The average molecular weight is 235 g/mol. The maximum atomic E-state index is 11.3. The van der Waals surface area contributed by atoms with Gasteiger partial charge in [0.05, 0.1) is 0 Å². The molecular weight excluding hydrogens is 222 g/mol. The molecule has 0 spiro atoms. The molecule has 2 aromatic heterocycles. The molecule has 1 aliphatic rings. The lowest BCUT2D eigenvalue weighted by molar-refractivity contribution is 0.181. The predicted octanol–water partition coefficient (Wildman–Crippen LogP) is -0.324. The third-order valence-corrected chi connectivity index (χ3v) is 3.02. The average Bonchev–Trinajstić information content (AvgIpc) is 2.88. The van der Waals surface area contributed by atoms with E-state index < -0.39 is 0 Å². The Morgan fingerprint density at radius 3 is 3.12 bits per heavy atom. The first-order valence-corrected chi connectivity index (χ1v) is 5.61. The number of H-pyrrole nitrogens is 1. The van der Waals surface area contributed by atoms with Gasteiger partial charge in [0.15, 0.2) is 5.65 Å². The summed E-state index contributed by atoms with van der Waals surface area (Å²) in [5.74, 6) is 0.406. The second-order valence-electron chi connectivity index (χ2n) is 4.22. The van der Waals surface area contributed by atoms with Crippen LogP contribution < -0.4 is 16.2 Å². The van der Waals surface area contributed by atoms with E-state index in [-0.39, 0.29) is 17.8 Å². The molecule has 2 unspecified atom stereocenters. The number of ether oxygens (including phenoxy) is 1. The maximum absolute atomic E-state index is 11.3. The molecule has 0 saturated heterocycles. The van der Waals surface area contributed by atoms with Crippen LogP contribution in [0, 0.1) is 0 Å². The lowest BCUT2D eigenvalue weighted by Gasteiger charge is -2.16. The molecule has 1 aliphatic carbocycles. The zero-order chi connectivity index (χ0) is 11.8. The quantitative estimate of drug-likeness (QED) is 0.743. The van der Waals surface area contributed by atoms with Gasteiger partial charge in [-0.2, -0.15) is 9.61 Å². The Kier molecular flexibility index (Phi) is 2.32. The smallest absolute Gasteiger partial charge is 0.364 e. The molecule has 2 atom stereocenters. The van der Waals surface area contributed by atoms with Crippen molar-refractivity contribution < 1.29 is 4.74 Å². The number of aromatic nitrogens is 4. The van der Waals surface area contributed by atoms with E-state index in [4.69, 9.17) is 10.5 Å². The van der Waals surface area contributed by atoms with Crippen LogP contribution in [0.5, 0.6) is 5.88 Å². The zero-order valence-corrected chi connectivity index (χ0v) is 9.17. The molecule has 0 aliphatic heterocycles. The summed E-state index contributed by atoms with van der Waals surface area (Å²) in [6.45, 7) is 0. The minimum atomic E-state index is -0.374. The number of rotatable bonds is 2. The topological polar surface area (TPSA) is 98.3 Å². The summed E-state index contributed by atoms with van der Waals surface area (Å²) in [5, 5.41) is 10.2. The summed E-state index contributed by atoms with van der Waals surface area (Å²) in [6, 6.07) is 3.43. The molecule has 7 nitrogen and oxygen atoms in total. The number of hydrogen-bond donors (Lipinski definition) is 2. The van der Waals surface area contributed by atoms with Gasteiger partial charge in [0.25, 0.3) is 0 Å². The van der Waals surface area contributed by atoms with Crippen molar-refractivity contribution >= 4 is 5.65 Å². The van der Waals surface area contributed by atoms with Crippen molar-refractivity contribution in [2.75, 3.05) is 0 Å². The highest BCUT2D eigenvalue weighted by molar-refractivity contribution is 5.35. The largest absolute Gasteiger partial charge is 0.472 e. The zero-order valence-electron chi connectivity index (χ0n) is 9.17. The Bertz CT molecular complexity index is 590. The highest BCUT2D eigenvalue weighted by Crippen LogP contribution is 2.22. The first-order valence-electron chi connectivity index (χ1n) is 5.61. The number of nitrogens with zero attached hydrogens (tertiary/aromatic N) is 3. The van der Waals surface area contributed by atoms with Gasteiger partial charge in [-0.05, 0) is 25.3 Å². The normalized spacial score (nSPS) is 24.3. The summed E-state index contributed by atoms with van der Waals surface area (Å²) < 4.78 is 6.86. The fourth-order valence-electron chi connectivity index (χ4n) is 2.11. The van der Waals surface area contributed by atoms with E-state index in [1.165, 1.54) is 4.52 Å². The van der Waals surface area contributed by atoms with Gasteiger partial charge in [0.1, 0.15) is 6.10 Å². The van der Waals surface area contributed by atoms with Crippen LogP contribution in [0.1, 0.15) is 19.3 Å². The monoisotopic (exact) mass is 235 g/mol. The van der Waals surface area contributed by atoms with E-state index >= 15 is 0 Å². The highest BCUT2D eigenvalue weighted by Gasteiger charge is 2.26. The van der Waals surface area contributed by atoms with Crippen LogP contribution in [-0.2, 0) is 0 Å². The van der Waals surface area contributed by atoms with Gasteiger partial charge >= 0.3 is 5.69 Å². The lowest BCUT2D eigenvalue weighted by Crippen LogP contribution is -2.34. The van der Waals surface area contributed by atoms with Gasteiger partial charge < -0.3 is 10.5 Å². The van der Waals surface area contributed by atoms with Crippen molar-refractivity contribution in [3.63, 3.8) is 0 Å². The summed E-state index contributed by atoms with van der Waals surface area (Å²) >= 11 is 0. The molecule has 0 bridgehead atoms. The molecule has 1 fully saturated rings. The van der Waals surface area contributed by atoms with Crippen LogP contribution in [0.15, 0.2) is 16.9 Å². The van der Waals surface area contributed by atoms with E-state index in [1.807, 2.05) is 0 Å². The van der Waals surface area contributed by atoms with Gasteiger partial charge in [-0.3, -0.25) is 0 Å². The molecule has 1 saturated carbocycles. The summed E-state index contributed by atoms with van der Waals surface area (Å²) in [5.41, 5.74) is 6.01. The van der Waals surface area contributed by atoms with Crippen LogP contribution in [0.3, 0.4) is 0 Å². The third-order valence-electron chi connectivity index (χ3n) is 3.02. The van der Waals surface area contributed by atoms with Crippen molar-refractivity contribution in [2.45, 2.75) is 31.4 Å². The Balaban J connectivity index is 1.90. The Labute approximate surface area is 96.6 Å². The molecule has 0 radical (unpaired) electrons. The number of nitrogens with two attached hydrogens (primary N) is 1. The minimum Gasteiger partial charge on any atom is -0.472 e. The summed E-state index contributed by atoms with van der Waals surface area (Å²) in [6.07, 6.45) is 2.96. The molecule has 0 aromatic carbocycles. The molecule has 0 amide bonds. The molecular formula is C10H13N5O2. The molecule has 2 heterocycles. The lowest BCUT2D eigenvalue weighted by atomic mass is 10.2. The van der Waals surface area contributed by atoms with Crippen LogP contribution in [0.2, 0.25) is 0 Å². The van der Waals surface area contributed by atoms with Crippen LogP contribution in [-0.4, -0.2) is 32.0 Å². The summed E-state index contributed by atoms with van der Waals surface area (Å²) in [7, 11) is 0. The van der Waals surface area contributed by atoms with Crippen molar-refractivity contribution in [2.24, 2.45) is 5.73 Å². The standard InChI is InChI=1S/C10H13N5O2/c11-6-2-1-3-7(6)17-9-5-4-8-12-13-10(16)15(8)14-9/h4-7H,1-3,11H2,(H,13,16). The van der Waals surface area contributed by atoms with Crippen molar-refractivity contribution in [1.29, 1.82) is 0 Å². The molecule has 90 valence electrons. The fraction of sp³-hybridized carbons (Fsp3) is 0.500. The Morgan fingerprint density at radius 2 is 2.35 bits per heavy atom. The SMILES string of the molecule is NC1CCCC1Oc1ccc2n[nH]c(=O)n2n1. The van der Waals surface area contributed by atoms with Gasteiger partial charge in [-0.25, -0.2) is 9.89 Å². The van der Waals surface area contributed by atoms with Crippen molar-refractivity contribution in [3.8, 4) is 5.88 Å². The van der Waals surface area contributed by atoms with Gasteiger partial charge in [-0.15, -0.1) is 5.10 Å². The number of nitrogens with one attached hydrogen (secondary N) is 1. The number of fused-ring (bicyclic) bond motifs is 1. The van der Waals surface area contributed by atoms with Crippen LogP contribution >= 0.6 is 0 Å². The minimum absolute atomic E-state index is 0.0115. The molecule has 3 rings (SSSR count). The van der Waals surface area contributed by atoms with E-state index in [0.717, 1.165) is 19.3 Å². The number of aromatic amines is 1.